The number of nitrogens with zero attached hydrogens (tertiary/aromatic N) is 4. The van der Waals surface area contributed by atoms with Crippen LogP contribution in [0.15, 0.2) is 66.3 Å². The molecule has 0 amide bonds. The molecule has 0 N–H and O–H groups in total. The van der Waals surface area contributed by atoms with E-state index in [1.54, 1.807) is 35.9 Å². The molecular formula is C17H11FN4S. The van der Waals surface area contributed by atoms with Crippen molar-refractivity contribution in [3.63, 3.8) is 0 Å². The fourth-order valence-corrected chi connectivity index (χ4v) is 3.07. The zero-order chi connectivity index (χ0) is 15.6. The van der Waals surface area contributed by atoms with E-state index in [1.807, 2.05) is 34.2 Å². The quantitative estimate of drug-likeness (QED) is 0.568. The number of rotatable bonds is 3. The highest BCUT2D eigenvalue weighted by molar-refractivity contribution is 7.13. The first-order valence-corrected chi connectivity index (χ1v) is 7.86. The highest BCUT2D eigenvalue weighted by atomic mass is 32.1. The Morgan fingerprint density at radius 1 is 0.870 bits per heavy atom. The molecule has 0 fully saturated rings. The van der Waals surface area contributed by atoms with E-state index in [2.05, 4.69) is 15.2 Å². The summed E-state index contributed by atoms with van der Waals surface area (Å²) in [5, 5.41) is 10.7. The molecule has 4 rings (SSSR count). The smallest absolute Gasteiger partial charge is 0.178 e. The number of hydrogen-bond acceptors (Lipinski definition) is 4. The van der Waals surface area contributed by atoms with Crippen molar-refractivity contribution in [1.29, 1.82) is 0 Å². The zero-order valence-corrected chi connectivity index (χ0v) is 12.7. The Bertz CT molecular complexity index is 915. The third-order valence-electron chi connectivity index (χ3n) is 3.43. The zero-order valence-electron chi connectivity index (χ0n) is 11.9. The van der Waals surface area contributed by atoms with Crippen LogP contribution < -0.4 is 0 Å². The lowest BCUT2D eigenvalue weighted by Crippen LogP contribution is -1.99. The monoisotopic (exact) mass is 322 g/mol. The van der Waals surface area contributed by atoms with Gasteiger partial charge in [0.05, 0.1) is 4.88 Å². The van der Waals surface area contributed by atoms with Crippen LogP contribution in [0.3, 0.4) is 0 Å². The molecule has 3 heterocycles. The van der Waals surface area contributed by atoms with E-state index in [0.29, 0.717) is 5.82 Å². The Labute approximate surface area is 135 Å². The van der Waals surface area contributed by atoms with Crippen molar-refractivity contribution in [3.8, 4) is 27.8 Å². The van der Waals surface area contributed by atoms with Gasteiger partial charge in [-0.15, -0.1) is 21.5 Å². The predicted molar refractivity (Wildman–Crippen MR) is 87.9 cm³/mol. The first-order chi connectivity index (χ1) is 11.3. The molecule has 0 saturated heterocycles. The van der Waals surface area contributed by atoms with E-state index in [4.69, 9.17) is 0 Å². The molecule has 1 aromatic carbocycles. The van der Waals surface area contributed by atoms with Crippen molar-refractivity contribution in [2.24, 2.45) is 0 Å². The van der Waals surface area contributed by atoms with Gasteiger partial charge in [0.15, 0.2) is 11.6 Å². The molecule has 0 aliphatic carbocycles. The Kier molecular flexibility index (Phi) is 3.44. The Balaban J connectivity index is 1.96. The molecular weight excluding hydrogens is 311 g/mol. The minimum Gasteiger partial charge on any atom is -0.274 e. The van der Waals surface area contributed by atoms with E-state index in [1.165, 1.54) is 12.1 Å². The average molecular weight is 322 g/mol. The first-order valence-electron chi connectivity index (χ1n) is 6.98. The summed E-state index contributed by atoms with van der Waals surface area (Å²) in [6.07, 6.45) is 3.42. The van der Waals surface area contributed by atoms with Crippen LogP contribution >= 0.6 is 11.3 Å². The van der Waals surface area contributed by atoms with Crippen LogP contribution in [0.25, 0.3) is 27.8 Å². The van der Waals surface area contributed by atoms with Crippen molar-refractivity contribution < 1.29 is 4.39 Å². The van der Waals surface area contributed by atoms with Gasteiger partial charge < -0.3 is 0 Å². The molecule has 0 aliphatic heterocycles. The van der Waals surface area contributed by atoms with Crippen LogP contribution in [-0.4, -0.2) is 19.7 Å². The molecule has 3 aromatic heterocycles. The topological polar surface area (TPSA) is 43.6 Å². The summed E-state index contributed by atoms with van der Waals surface area (Å²) < 4.78 is 15.2. The van der Waals surface area contributed by atoms with Crippen LogP contribution in [0.2, 0.25) is 0 Å². The molecule has 0 saturated carbocycles. The van der Waals surface area contributed by atoms with E-state index in [9.17, 15) is 4.39 Å². The van der Waals surface area contributed by atoms with Crippen molar-refractivity contribution in [3.05, 3.63) is 72.1 Å². The van der Waals surface area contributed by atoms with Crippen LogP contribution in [0, 0.1) is 5.82 Å². The normalized spacial score (nSPS) is 10.8. The summed E-state index contributed by atoms with van der Waals surface area (Å²) in [5.74, 6) is 1.16. The van der Waals surface area contributed by atoms with Crippen molar-refractivity contribution >= 4 is 11.3 Å². The van der Waals surface area contributed by atoms with Crippen LogP contribution in [0.1, 0.15) is 0 Å². The SMILES string of the molecule is Fc1ccc(-n2c(-c3ccncc3)nnc2-c2cccs2)cc1. The molecule has 0 atom stereocenters. The molecule has 112 valence electrons. The summed E-state index contributed by atoms with van der Waals surface area (Å²) in [5.41, 5.74) is 1.71. The van der Waals surface area contributed by atoms with Gasteiger partial charge in [-0.05, 0) is 47.8 Å². The summed E-state index contributed by atoms with van der Waals surface area (Å²) >= 11 is 1.59. The van der Waals surface area contributed by atoms with Crippen molar-refractivity contribution in [2.75, 3.05) is 0 Å². The van der Waals surface area contributed by atoms with E-state index >= 15 is 0 Å². The van der Waals surface area contributed by atoms with Gasteiger partial charge in [0, 0.05) is 23.6 Å². The van der Waals surface area contributed by atoms with Crippen LogP contribution in [0.5, 0.6) is 0 Å². The van der Waals surface area contributed by atoms with Crippen molar-refractivity contribution in [2.45, 2.75) is 0 Å². The average Bonchev–Trinajstić information content (AvgIpc) is 3.25. The van der Waals surface area contributed by atoms with Gasteiger partial charge >= 0.3 is 0 Å². The second kappa shape index (κ2) is 5.73. The lowest BCUT2D eigenvalue weighted by Gasteiger charge is -2.09. The van der Waals surface area contributed by atoms with Gasteiger partial charge in [-0.3, -0.25) is 9.55 Å². The maximum atomic E-state index is 13.3. The van der Waals surface area contributed by atoms with E-state index < -0.39 is 0 Å². The standard InChI is InChI=1S/C17H11FN4S/c18-13-3-5-14(6-4-13)22-16(12-7-9-19-10-8-12)20-21-17(22)15-2-1-11-23-15/h1-11H. The number of halogens is 1. The van der Waals surface area contributed by atoms with Crippen LogP contribution in [-0.2, 0) is 0 Å². The second-order valence-corrected chi connectivity index (χ2v) is 5.82. The molecule has 0 aliphatic rings. The Morgan fingerprint density at radius 3 is 2.30 bits per heavy atom. The number of benzene rings is 1. The predicted octanol–water partition coefficient (Wildman–Crippen LogP) is 4.20. The summed E-state index contributed by atoms with van der Waals surface area (Å²) in [6.45, 7) is 0. The summed E-state index contributed by atoms with van der Waals surface area (Å²) in [6, 6.07) is 14.0. The maximum absolute atomic E-state index is 13.3. The molecule has 0 radical (unpaired) electrons. The molecule has 4 nitrogen and oxygen atoms in total. The fourth-order valence-electron chi connectivity index (χ4n) is 2.37. The maximum Gasteiger partial charge on any atom is 0.178 e. The van der Waals surface area contributed by atoms with Gasteiger partial charge in [0.2, 0.25) is 0 Å². The molecule has 23 heavy (non-hydrogen) atoms. The molecule has 0 spiro atoms. The van der Waals surface area contributed by atoms with Crippen LogP contribution in [0.4, 0.5) is 4.39 Å². The highest BCUT2D eigenvalue weighted by Crippen LogP contribution is 2.30. The Hall–Kier alpha value is -2.86. The third-order valence-corrected chi connectivity index (χ3v) is 4.29. The number of aromatic nitrogens is 4. The summed E-state index contributed by atoms with van der Waals surface area (Å²) in [7, 11) is 0. The Morgan fingerprint density at radius 2 is 1.61 bits per heavy atom. The molecule has 0 bridgehead atoms. The minimum atomic E-state index is -0.273. The lowest BCUT2D eigenvalue weighted by molar-refractivity contribution is 0.627. The molecule has 4 aromatic rings. The third kappa shape index (κ3) is 2.53. The van der Waals surface area contributed by atoms with E-state index in [0.717, 1.165) is 22.0 Å². The fraction of sp³-hybridized carbons (Fsp3) is 0. The minimum absolute atomic E-state index is 0.273. The van der Waals surface area contributed by atoms with Gasteiger partial charge in [-0.25, -0.2) is 4.39 Å². The molecule has 6 heteroatoms. The largest absolute Gasteiger partial charge is 0.274 e. The first kappa shape index (κ1) is 13.8. The van der Waals surface area contributed by atoms with E-state index in [-0.39, 0.29) is 5.82 Å². The van der Waals surface area contributed by atoms with Gasteiger partial charge in [0.1, 0.15) is 5.82 Å². The van der Waals surface area contributed by atoms with Crippen molar-refractivity contribution in [1.82, 2.24) is 19.7 Å². The molecule has 0 unspecified atom stereocenters. The highest BCUT2D eigenvalue weighted by Gasteiger charge is 2.17. The van der Waals surface area contributed by atoms with Gasteiger partial charge in [0.25, 0.3) is 0 Å². The van der Waals surface area contributed by atoms with Gasteiger partial charge in [-0.1, -0.05) is 6.07 Å². The number of thiophene rings is 1. The number of pyridine rings is 1. The second-order valence-electron chi connectivity index (χ2n) is 4.87. The number of hydrogen-bond donors (Lipinski definition) is 0. The van der Waals surface area contributed by atoms with Gasteiger partial charge in [-0.2, -0.15) is 0 Å². The summed E-state index contributed by atoms with van der Waals surface area (Å²) in [4.78, 5) is 5.04. The lowest BCUT2D eigenvalue weighted by atomic mass is 10.2.